The van der Waals surface area contributed by atoms with Crippen molar-refractivity contribution >= 4 is 24.5 Å². The predicted molar refractivity (Wildman–Crippen MR) is 108 cm³/mol. The van der Waals surface area contributed by atoms with Gasteiger partial charge >= 0.3 is 5.97 Å². The van der Waals surface area contributed by atoms with E-state index < -0.39 is 36.1 Å². The van der Waals surface area contributed by atoms with Gasteiger partial charge in [-0.05, 0) is 12.3 Å². The molecule has 0 fully saturated rings. The van der Waals surface area contributed by atoms with Crippen LogP contribution in [0.15, 0.2) is 0 Å². The van der Waals surface area contributed by atoms with Crippen LogP contribution in [0.1, 0.15) is 53.4 Å². The first kappa shape index (κ1) is 26.1. The number of nitrogens with one attached hydrogen (secondary N) is 1. The lowest BCUT2D eigenvalue weighted by Gasteiger charge is -2.43. The van der Waals surface area contributed by atoms with E-state index >= 15 is 0 Å². The van der Waals surface area contributed by atoms with Crippen LogP contribution in [0.5, 0.6) is 0 Å². The van der Waals surface area contributed by atoms with Crippen molar-refractivity contribution in [2.24, 2.45) is 17.6 Å². The van der Waals surface area contributed by atoms with E-state index in [0.29, 0.717) is 12.2 Å². The zero-order chi connectivity index (χ0) is 21.0. The molecule has 0 rings (SSSR count). The number of aliphatic hydroxyl groups is 1. The largest absolute Gasteiger partial charge is 0.478 e. The van der Waals surface area contributed by atoms with E-state index in [1.165, 1.54) is 0 Å². The molecule has 0 aliphatic rings. The van der Waals surface area contributed by atoms with Gasteiger partial charge in [0.2, 0.25) is 11.6 Å². The van der Waals surface area contributed by atoms with Crippen molar-refractivity contribution in [1.82, 2.24) is 10.4 Å². The van der Waals surface area contributed by atoms with Crippen molar-refractivity contribution in [2.45, 2.75) is 65.1 Å². The highest BCUT2D eigenvalue weighted by Gasteiger charge is 2.52. The summed E-state index contributed by atoms with van der Waals surface area (Å²) in [5.74, 6) is -2.22. The summed E-state index contributed by atoms with van der Waals surface area (Å²) >= 11 is 4.12. The third kappa shape index (κ3) is 7.95. The molecule has 8 nitrogen and oxygen atoms in total. The molecule has 1 unspecified atom stereocenters. The van der Waals surface area contributed by atoms with E-state index in [4.69, 9.17) is 10.6 Å². The van der Waals surface area contributed by atoms with Crippen LogP contribution in [0.2, 0.25) is 0 Å². The van der Waals surface area contributed by atoms with Gasteiger partial charge in [-0.3, -0.25) is 14.9 Å². The minimum absolute atomic E-state index is 0.0230. The van der Waals surface area contributed by atoms with Crippen LogP contribution in [-0.2, 0) is 14.4 Å². The maximum absolute atomic E-state index is 12.9. The van der Waals surface area contributed by atoms with E-state index in [1.54, 1.807) is 6.92 Å². The van der Waals surface area contributed by atoms with Crippen molar-refractivity contribution in [1.29, 1.82) is 0 Å². The van der Waals surface area contributed by atoms with E-state index in [1.807, 2.05) is 20.8 Å². The molecule has 3 atom stereocenters. The monoisotopic (exact) mass is 407 g/mol. The number of hydroxylamine groups is 2. The number of carboxylic acid groups (broad SMARTS) is 1. The van der Waals surface area contributed by atoms with Gasteiger partial charge < -0.3 is 15.9 Å². The van der Waals surface area contributed by atoms with Crippen LogP contribution in [0.3, 0.4) is 0 Å². The number of rotatable bonds is 15. The van der Waals surface area contributed by atoms with Gasteiger partial charge in [0.05, 0.1) is 6.61 Å². The molecule has 0 bridgehead atoms. The fourth-order valence-corrected chi connectivity index (χ4v) is 2.74. The zero-order valence-electron chi connectivity index (χ0n) is 17.0. The van der Waals surface area contributed by atoms with Crippen LogP contribution < -0.4 is 11.1 Å². The van der Waals surface area contributed by atoms with Gasteiger partial charge in [-0.25, -0.2) is 4.79 Å². The summed E-state index contributed by atoms with van der Waals surface area (Å²) in [6.45, 7) is 7.20. The maximum Gasteiger partial charge on any atom is 0.347 e. The fraction of sp³-hybridized carbons (Fsp3) is 0.889. The Bertz CT molecular complexity index is 453. The second-order valence-electron chi connectivity index (χ2n) is 7.31. The van der Waals surface area contributed by atoms with Crippen LogP contribution in [-0.4, -0.2) is 64.4 Å². The van der Waals surface area contributed by atoms with E-state index in [9.17, 15) is 19.8 Å². The summed E-state index contributed by atoms with van der Waals surface area (Å²) in [4.78, 5) is 30.9. The van der Waals surface area contributed by atoms with Crippen molar-refractivity contribution < 1.29 is 24.6 Å². The molecule has 1 amide bonds. The summed E-state index contributed by atoms with van der Waals surface area (Å²) in [7, 11) is 0. The fourth-order valence-electron chi connectivity index (χ4n) is 2.61. The molecular weight excluding hydrogens is 370 g/mol. The van der Waals surface area contributed by atoms with Crippen molar-refractivity contribution in [2.75, 3.05) is 25.5 Å². The molecule has 0 aromatic heterocycles. The summed E-state index contributed by atoms with van der Waals surface area (Å²) in [5, 5.41) is 23.6. The molecule has 0 aromatic carbocycles. The molecule has 0 aliphatic heterocycles. The molecule has 0 aromatic rings. The Kier molecular flexibility index (Phi) is 12.9. The molecule has 27 heavy (non-hydrogen) atoms. The van der Waals surface area contributed by atoms with Crippen molar-refractivity contribution in [3.05, 3.63) is 0 Å². The summed E-state index contributed by atoms with van der Waals surface area (Å²) < 4.78 is 0. The third-order valence-electron chi connectivity index (χ3n) is 4.28. The number of hydrogen-bond donors (Lipinski definition) is 5. The van der Waals surface area contributed by atoms with Gasteiger partial charge in [-0.2, -0.15) is 17.7 Å². The quantitative estimate of drug-likeness (QED) is 0.120. The molecule has 5 N–H and O–H groups in total. The van der Waals surface area contributed by atoms with Gasteiger partial charge in [0.1, 0.15) is 0 Å². The molecule has 0 radical (unpaired) electrons. The van der Waals surface area contributed by atoms with Crippen LogP contribution in [0, 0.1) is 11.8 Å². The highest BCUT2D eigenvalue weighted by atomic mass is 32.1. The summed E-state index contributed by atoms with van der Waals surface area (Å²) in [6, 6.07) is -0.417. The van der Waals surface area contributed by atoms with Gasteiger partial charge in [0.25, 0.3) is 0 Å². The number of nitrogens with two attached hydrogens (primary N) is 1. The van der Waals surface area contributed by atoms with Crippen LogP contribution >= 0.6 is 12.6 Å². The predicted octanol–water partition coefficient (Wildman–Crippen LogP) is 1.24. The van der Waals surface area contributed by atoms with Gasteiger partial charge in [0, 0.05) is 37.3 Å². The summed E-state index contributed by atoms with van der Waals surface area (Å²) in [6.07, 6.45) is 2.69. The molecule has 0 saturated heterocycles. The van der Waals surface area contributed by atoms with Gasteiger partial charge in [0.15, 0.2) is 0 Å². The number of carbonyl (C=O) groups excluding carboxylic acids is 1. The first-order valence-corrected chi connectivity index (χ1v) is 10.2. The Balaban J connectivity index is 5.87. The highest BCUT2D eigenvalue weighted by molar-refractivity contribution is 7.80. The average Bonchev–Trinajstić information content (AvgIpc) is 2.61. The van der Waals surface area contributed by atoms with E-state index in [2.05, 4.69) is 17.9 Å². The molecule has 9 heteroatoms. The van der Waals surface area contributed by atoms with Crippen molar-refractivity contribution in [3.8, 4) is 0 Å². The molecule has 0 spiro atoms. The number of aliphatic carboxylic acids is 1. The SMILES string of the molecule is CCCCCON(C(=O)CC(C)C)[C@@](NCC(N)CS)(C(=O)O)[C@H](C)CO. The zero-order valence-corrected chi connectivity index (χ0v) is 17.9. The standard InChI is InChI=1S/C18H37N3O5S/c1-5-6-7-8-26-21(16(23)9-13(2)3)18(17(24)25,14(4)11-22)20-10-15(19)12-27/h13-15,20,22,27H,5-12,19H2,1-4H3,(H,24,25)/t14-,15?,18-/m1/s1. The molecule has 160 valence electrons. The van der Waals surface area contributed by atoms with Crippen LogP contribution in [0.25, 0.3) is 0 Å². The Morgan fingerprint density at radius 3 is 2.37 bits per heavy atom. The minimum atomic E-state index is -1.92. The number of nitrogens with zero attached hydrogens (tertiary/aromatic N) is 1. The maximum atomic E-state index is 12.9. The Hall–Kier alpha value is -0.870. The van der Waals surface area contributed by atoms with Crippen LogP contribution in [0.4, 0.5) is 0 Å². The first-order chi connectivity index (χ1) is 12.7. The Morgan fingerprint density at radius 2 is 1.93 bits per heavy atom. The van der Waals surface area contributed by atoms with Gasteiger partial charge in [-0.1, -0.05) is 40.5 Å². The Labute approximate surface area is 168 Å². The lowest BCUT2D eigenvalue weighted by Crippen LogP contribution is -2.71. The number of unbranched alkanes of at least 4 members (excludes halogenated alkanes) is 2. The normalized spacial score (nSPS) is 16.0. The van der Waals surface area contributed by atoms with E-state index in [-0.39, 0.29) is 25.5 Å². The topological polar surface area (TPSA) is 125 Å². The average molecular weight is 408 g/mol. The second-order valence-corrected chi connectivity index (χ2v) is 7.67. The molecule has 0 heterocycles. The third-order valence-corrected chi connectivity index (χ3v) is 4.75. The highest BCUT2D eigenvalue weighted by Crippen LogP contribution is 2.26. The smallest absolute Gasteiger partial charge is 0.347 e. The molecular formula is C18H37N3O5S. The van der Waals surface area contributed by atoms with Gasteiger partial charge in [-0.15, -0.1) is 0 Å². The minimum Gasteiger partial charge on any atom is -0.478 e. The van der Waals surface area contributed by atoms with Crippen molar-refractivity contribution in [3.63, 3.8) is 0 Å². The Morgan fingerprint density at radius 1 is 1.30 bits per heavy atom. The number of carbonyl (C=O) groups is 2. The lowest BCUT2D eigenvalue weighted by molar-refractivity contribution is -0.246. The number of amides is 1. The first-order valence-electron chi connectivity index (χ1n) is 9.58. The number of aliphatic hydroxyl groups excluding tert-OH is 1. The number of carboxylic acids is 1. The second kappa shape index (κ2) is 13.3. The number of thiol groups is 1. The molecule has 0 saturated carbocycles. The van der Waals surface area contributed by atoms with E-state index in [0.717, 1.165) is 17.9 Å². The molecule has 0 aliphatic carbocycles. The summed E-state index contributed by atoms with van der Waals surface area (Å²) in [5.41, 5.74) is 3.96. The number of hydrogen-bond acceptors (Lipinski definition) is 7. The lowest BCUT2D eigenvalue weighted by atomic mass is 9.92.